The molecule has 2 aromatic rings. The standard InChI is InChI=1S/C13H14N4O2S/c18-13(19)10-6-20-11(17-10)5-14-12-8-3-1-2-4-9(8)15-7-16-12/h6-7H,1-5H2,(H,18,19)(H,14,15,16). The number of hydrogen-bond acceptors (Lipinski definition) is 6. The SMILES string of the molecule is O=C(O)c1csc(CNc2ncnc3c2CCCC3)n1. The molecule has 20 heavy (non-hydrogen) atoms. The molecule has 0 radical (unpaired) electrons. The van der Waals surface area contributed by atoms with Gasteiger partial charge in [-0.2, -0.15) is 0 Å². The Morgan fingerprint density at radius 2 is 2.20 bits per heavy atom. The van der Waals surface area contributed by atoms with Crippen LogP contribution in [0.15, 0.2) is 11.7 Å². The van der Waals surface area contributed by atoms with Crippen molar-refractivity contribution in [2.75, 3.05) is 5.32 Å². The van der Waals surface area contributed by atoms with E-state index in [4.69, 9.17) is 5.11 Å². The quantitative estimate of drug-likeness (QED) is 0.896. The van der Waals surface area contributed by atoms with Gasteiger partial charge in [0.25, 0.3) is 0 Å². The predicted octanol–water partition coefficient (Wildman–Crippen LogP) is 2.12. The molecule has 2 aromatic heterocycles. The average molecular weight is 290 g/mol. The number of nitrogens with one attached hydrogen (secondary N) is 1. The Kier molecular flexibility index (Phi) is 3.60. The lowest BCUT2D eigenvalue weighted by Gasteiger charge is -2.17. The van der Waals surface area contributed by atoms with E-state index in [1.807, 2.05) is 0 Å². The molecular formula is C13H14N4O2S. The fraction of sp³-hybridized carbons (Fsp3) is 0.385. The van der Waals surface area contributed by atoms with E-state index in [9.17, 15) is 4.79 Å². The van der Waals surface area contributed by atoms with Gasteiger partial charge in [-0.3, -0.25) is 0 Å². The van der Waals surface area contributed by atoms with Gasteiger partial charge in [0.05, 0.1) is 6.54 Å². The Morgan fingerprint density at radius 3 is 3.00 bits per heavy atom. The number of carboxylic acid groups (broad SMARTS) is 1. The van der Waals surface area contributed by atoms with Gasteiger partial charge in [0, 0.05) is 16.6 Å². The molecule has 0 fully saturated rings. The van der Waals surface area contributed by atoms with Gasteiger partial charge in [-0.05, 0) is 25.7 Å². The summed E-state index contributed by atoms with van der Waals surface area (Å²) in [5.74, 6) is -0.145. The molecular weight excluding hydrogens is 276 g/mol. The number of thiazole rings is 1. The van der Waals surface area contributed by atoms with Crippen molar-refractivity contribution < 1.29 is 9.90 Å². The minimum atomic E-state index is -0.994. The number of carboxylic acids is 1. The van der Waals surface area contributed by atoms with Gasteiger partial charge in [-0.25, -0.2) is 19.7 Å². The second-order valence-electron chi connectivity index (χ2n) is 4.64. The second-order valence-corrected chi connectivity index (χ2v) is 5.58. The first-order valence-corrected chi connectivity index (χ1v) is 7.36. The van der Waals surface area contributed by atoms with Crippen LogP contribution in [-0.4, -0.2) is 26.0 Å². The van der Waals surface area contributed by atoms with Gasteiger partial charge in [0.1, 0.15) is 17.2 Å². The molecule has 3 rings (SSSR count). The number of aryl methyl sites for hydroxylation is 1. The number of anilines is 1. The predicted molar refractivity (Wildman–Crippen MR) is 75.1 cm³/mol. The number of fused-ring (bicyclic) bond motifs is 1. The largest absolute Gasteiger partial charge is 0.476 e. The number of rotatable bonds is 4. The highest BCUT2D eigenvalue weighted by Gasteiger charge is 2.15. The van der Waals surface area contributed by atoms with Gasteiger partial charge in [-0.1, -0.05) is 0 Å². The Hall–Kier alpha value is -2.02. The summed E-state index contributed by atoms with van der Waals surface area (Å²) in [5.41, 5.74) is 2.41. The van der Waals surface area contributed by atoms with Crippen molar-refractivity contribution in [3.63, 3.8) is 0 Å². The van der Waals surface area contributed by atoms with Gasteiger partial charge < -0.3 is 10.4 Å². The first kappa shape index (κ1) is 13.0. The topological polar surface area (TPSA) is 88.0 Å². The summed E-state index contributed by atoms with van der Waals surface area (Å²) >= 11 is 1.34. The van der Waals surface area contributed by atoms with Crippen molar-refractivity contribution in [2.24, 2.45) is 0 Å². The molecule has 0 atom stereocenters. The van der Waals surface area contributed by atoms with E-state index in [1.165, 1.54) is 23.3 Å². The summed E-state index contributed by atoms with van der Waals surface area (Å²) in [6.07, 6.45) is 5.92. The number of carbonyl (C=O) groups is 1. The third-order valence-corrected chi connectivity index (χ3v) is 4.15. The minimum absolute atomic E-state index is 0.0940. The summed E-state index contributed by atoms with van der Waals surface area (Å²) in [5, 5.41) is 14.4. The number of nitrogens with zero attached hydrogens (tertiary/aromatic N) is 3. The molecule has 1 aliphatic rings. The van der Waals surface area contributed by atoms with Gasteiger partial charge in [0.2, 0.25) is 0 Å². The lowest BCUT2D eigenvalue weighted by molar-refractivity contribution is 0.0691. The molecule has 0 saturated carbocycles. The fourth-order valence-electron chi connectivity index (χ4n) is 2.32. The molecule has 0 amide bonds. The van der Waals surface area contributed by atoms with Crippen LogP contribution in [0.2, 0.25) is 0 Å². The zero-order valence-electron chi connectivity index (χ0n) is 10.8. The van der Waals surface area contributed by atoms with Crippen molar-refractivity contribution in [2.45, 2.75) is 32.2 Å². The van der Waals surface area contributed by atoms with Crippen LogP contribution in [0.1, 0.15) is 39.6 Å². The van der Waals surface area contributed by atoms with Crippen molar-refractivity contribution in [1.29, 1.82) is 0 Å². The zero-order valence-corrected chi connectivity index (χ0v) is 11.6. The Labute approximate surface area is 119 Å². The van der Waals surface area contributed by atoms with Crippen LogP contribution in [0.5, 0.6) is 0 Å². The lowest BCUT2D eigenvalue weighted by Crippen LogP contribution is -2.12. The summed E-state index contributed by atoms with van der Waals surface area (Å²) in [7, 11) is 0. The highest BCUT2D eigenvalue weighted by Crippen LogP contribution is 2.24. The van der Waals surface area contributed by atoms with E-state index in [-0.39, 0.29) is 5.69 Å². The number of aromatic carboxylic acids is 1. The van der Waals surface area contributed by atoms with Gasteiger partial charge in [-0.15, -0.1) is 11.3 Å². The molecule has 0 bridgehead atoms. The summed E-state index contributed by atoms with van der Waals surface area (Å²) in [6.45, 7) is 0.487. The van der Waals surface area contributed by atoms with Crippen molar-refractivity contribution in [3.05, 3.63) is 33.7 Å². The molecule has 0 aliphatic heterocycles. The maximum Gasteiger partial charge on any atom is 0.355 e. The van der Waals surface area contributed by atoms with Crippen molar-refractivity contribution in [3.8, 4) is 0 Å². The number of aromatic nitrogens is 3. The first-order chi connectivity index (χ1) is 9.74. The molecule has 0 aromatic carbocycles. The summed E-state index contributed by atoms with van der Waals surface area (Å²) in [6, 6.07) is 0. The van der Waals surface area contributed by atoms with Crippen molar-refractivity contribution >= 4 is 23.1 Å². The minimum Gasteiger partial charge on any atom is -0.476 e. The summed E-state index contributed by atoms with van der Waals surface area (Å²) in [4.78, 5) is 23.4. The third-order valence-electron chi connectivity index (χ3n) is 3.30. The van der Waals surface area contributed by atoms with Crippen LogP contribution >= 0.6 is 11.3 Å². The van der Waals surface area contributed by atoms with E-state index in [1.54, 1.807) is 11.7 Å². The second kappa shape index (κ2) is 5.54. The van der Waals surface area contributed by atoms with Crippen molar-refractivity contribution in [1.82, 2.24) is 15.0 Å². The Bertz CT molecular complexity index is 641. The maximum atomic E-state index is 10.8. The highest BCUT2D eigenvalue weighted by atomic mass is 32.1. The van der Waals surface area contributed by atoms with Crippen LogP contribution in [-0.2, 0) is 19.4 Å². The van der Waals surface area contributed by atoms with Crippen LogP contribution in [0.3, 0.4) is 0 Å². The molecule has 0 spiro atoms. The lowest BCUT2D eigenvalue weighted by atomic mass is 9.96. The van der Waals surface area contributed by atoms with E-state index in [0.717, 1.165) is 35.8 Å². The maximum absolute atomic E-state index is 10.8. The van der Waals surface area contributed by atoms with Crippen LogP contribution in [0.25, 0.3) is 0 Å². The monoisotopic (exact) mass is 290 g/mol. The summed E-state index contributed by atoms with van der Waals surface area (Å²) < 4.78 is 0. The zero-order chi connectivity index (χ0) is 13.9. The van der Waals surface area contributed by atoms with Crippen LogP contribution in [0.4, 0.5) is 5.82 Å². The molecule has 104 valence electrons. The Balaban J connectivity index is 1.73. The normalized spacial score (nSPS) is 13.8. The fourth-order valence-corrected chi connectivity index (χ4v) is 3.03. The van der Waals surface area contributed by atoms with E-state index < -0.39 is 5.97 Å². The average Bonchev–Trinajstić information content (AvgIpc) is 2.94. The highest BCUT2D eigenvalue weighted by molar-refractivity contribution is 7.09. The molecule has 2 heterocycles. The van der Waals surface area contributed by atoms with E-state index in [0.29, 0.717) is 6.54 Å². The third kappa shape index (κ3) is 2.62. The van der Waals surface area contributed by atoms with E-state index in [2.05, 4.69) is 20.3 Å². The van der Waals surface area contributed by atoms with Crippen LogP contribution < -0.4 is 5.32 Å². The smallest absolute Gasteiger partial charge is 0.355 e. The molecule has 0 saturated heterocycles. The molecule has 7 heteroatoms. The van der Waals surface area contributed by atoms with Gasteiger partial charge >= 0.3 is 5.97 Å². The first-order valence-electron chi connectivity index (χ1n) is 6.48. The molecule has 2 N–H and O–H groups in total. The number of hydrogen-bond donors (Lipinski definition) is 2. The molecule has 1 aliphatic carbocycles. The van der Waals surface area contributed by atoms with E-state index >= 15 is 0 Å². The molecule has 0 unspecified atom stereocenters. The van der Waals surface area contributed by atoms with Gasteiger partial charge in [0.15, 0.2) is 5.69 Å². The molecule has 6 nitrogen and oxygen atoms in total. The Morgan fingerprint density at radius 1 is 1.35 bits per heavy atom. The van der Waals surface area contributed by atoms with Crippen LogP contribution in [0, 0.1) is 0 Å².